The minimum Gasteiger partial charge on any atom is -0.354 e. The molecule has 1 unspecified atom stereocenters. The van der Waals surface area contributed by atoms with Crippen LogP contribution < -0.4 is 11.1 Å². The second-order valence-electron chi connectivity index (χ2n) is 4.81. The molecule has 1 amide bonds. The maximum absolute atomic E-state index is 12.0. The fourth-order valence-corrected chi connectivity index (χ4v) is 2.61. The van der Waals surface area contributed by atoms with Gasteiger partial charge in [0, 0.05) is 24.0 Å². The van der Waals surface area contributed by atoms with Gasteiger partial charge in [-0.1, -0.05) is 37.3 Å². The molecule has 2 atom stereocenters. The Balaban J connectivity index is 0.00000220. The quantitative estimate of drug-likeness (QED) is 0.856. The zero-order valence-electron chi connectivity index (χ0n) is 11.9. The summed E-state index contributed by atoms with van der Waals surface area (Å²) < 4.78 is 0. The van der Waals surface area contributed by atoms with Gasteiger partial charge in [0.25, 0.3) is 0 Å². The summed E-state index contributed by atoms with van der Waals surface area (Å²) in [4.78, 5) is 16.2. The number of halogens is 1. The van der Waals surface area contributed by atoms with E-state index in [9.17, 15) is 4.79 Å². The summed E-state index contributed by atoms with van der Waals surface area (Å²) in [6.07, 6.45) is 2.33. The molecule has 6 heteroatoms. The highest BCUT2D eigenvalue weighted by atomic mass is 35.5. The van der Waals surface area contributed by atoms with Crippen LogP contribution in [-0.2, 0) is 11.2 Å². The average molecular weight is 326 g/mol. The van der Waals surface area contributed by atoms with E-state index in [1.54, 1.807) is 17.5 Å². The molecule has 1 aromatic heterocycles. The maximum atomic E-state index is 12.0. The number of nitrogens with zero attached hydrogens (tertiary/aromatic N) is 1. The molecule has 0 fully saturated rings. The number of carbonyl (C=O) groups excluding carboxylic acids is 1. The van der Waals surface area contributed by atoms with Gasteiger partial charge in [-0.05, 0) is 12.0 Å². The van der Waals surface area contributed by atoms with Crippen LogP contribution in [0.15, 0.2) is 41.9 Å². The summed E-state index contributed by atoms with van der Waals surface area (Å²) >= 11 is 1.60. The number of benzene rings is 1. The fraction of sp³-hybridized carbons (Fsp3) is 0.333. The summed E-state index contributed by atoms with van der Waals surface area (Å²) in [5, 5.41) is 5.86. The number of amides is 1. The zero-order valence-corrected chi connectivity index (χ0v) is 13.5. The largest absolute Gasteiger partial charge is 0.354 e. The van der Waals surface area contributed by atoms with Crippen LogP contribution in [0, 0.1) is 0 Å². The van der Waals surface area contributed by atoms with Crippen LogP contribution in [0.1, 0.15) is 23.4 Å². The molecule has 0 saturated heterocycles. The third-order valence-corrected chi connectivity index (χ3v) is 4.10. The monoisotopic (exact) mass is 325 g/mol. The second kappa shape index (κ2) is 8.77. The number of thiazole rings is 1. The van der Waals surface area contributed by atoms with Gasteiger partial charge in [0.15, 0.2) is 0 Å². The predicted octanol–water partition coefficient (Wildman–Crippen LogP) is 2.35. The molecule has 114 valence electrons. The normalized spacial score (nSPS) is 13.0. The standard InChI is InChI=1S/C15H19N3OS.ClH/c1-11(15-17-7-8-20-15)10-18-14(19)13(16)9-12-5-3-2-4-6-12;/h2-8,11,13H,9-10,16H2,1H3,(H,18,19);1H/t11?,13-;/m0./s1. The van der Waals surface area contributed by atoms with Crippen molar-refractivity contribution in [2.24, 2.45) is 5.73 Å². The number of hydrogen-bond acceptors (Lipinski definition) is 4. The van der Waals surface area contributed by atoms with E-state index < -0.39 is 6.04 Å². The number of hydrogen-bond donors (Lipinski definition) is 2. The van der Waals surface area contributed by atoms with E-state index in [0.717, 1.165) is 10.6 Å². The second-order valence-corrected chi connectivity index (χ2v) is 5.74. The Morgan fingerprint density at radius 2 is 2.10 bits per heavy atom. The van der Waals surface area contributed by atoms with Gasteiger partial charge in [0.2, 0.25) is 5.91 Å². The highest BCUT2D eigenvalue weighted by molar-refractivity contribution is 7.09. The Hall–Kier alpha value is -1.43. The highest BCUT2D eigenvalue weighted by Crippen LogP contribution is 2.16. The summed E-state index contributed by atoms with van der Waals surface area (Å²) in [6, 6.07) is 9.29. The molecule has 1 aromatic carbocycles. The predicted molar refractivity (Wildman–Crippen MR) is 88.9 cm³/mol. The summed E-state index contributed by atoms with van der Waals surface area (Å²) in [5.74, 6) is 0.0973. The molecular weight excluding hydrogens is 306 g/mol. The van der Waals surface area contributed by atoms with E-state index in [0.29, 0.717) is 13.0 Å². The van der Waals surface area contributed by atoms with Crippen LogP contribution in [0.25, 0.3) is 0 Å². The van der Waals surface area contributed by atoms with Gasteiger partial charge in [-0.25, -0.2) is 4.98 Å². The molecule has 0 aliphatic rings. The van der Waals surface area contributed by atoms with Crippen molar-refractivity contribution in [3.63, 3.8) is 0 Å². The van der Waals surface area contributed by atoms with Crippen LogP contribution in [0.5, 0.6) is 0 Å². The van der Waals surface area contributed by atoms with Crippen molar-refractivity contribution in [1.29, 1.82) is 0 Å². The fourth-order valence-electron chi connectivity index (χ4n) is 1.91. The minimum atomic E-state index is -0.513. The third kappa shape index (κ3) is 5.46. The Labute approximate surface area is 135 Å². The lowest BCUT2D eigenvalue weighted by Gasteiger charge is -2.14. The average Bonchev–Trinajstić information content (AvgIpc) is 2.99. The molecule has 2 aromatic rings. The first-order valence-corrected chi connectivity index (χ1v) is 7.51. The summed E-state index contributed by atoms with van der Waals surface area (Å²) in [6.45, 7) is 2.61. The lowest BCUT2D eigenvalue weighted by Crippen LogP contribution is -2.43. The van der Waals surface area contributed by atoms with Crippen LogP contribution in [0.4, 0.5) is 0 Å². The molecule has 4 nitrogen and oxygen atoms in total. The van der Waals surface area contributed by atoms with Gasteiger partial charge < -0.3 is 11.1 Å². The van der Waals surface area contributed by atoms with E-state index in [1.165, 1.54) is 0 Å². The third-order valence-electron chi connectivity index (χ3n) is 3.09. The molecule has 0 saturated carbocycles. The van der Waals surface area contributed by atoms with Crippen molar-refractivity contribution in [1.82, 2.24) is 10.3 Å². The van der Waals surface area contributed by atoms with E-state index in [1.807, 2.05) is 42.6 Å². The molecule has 0 spiro atoms. The van der Waals surface area contributed by atoms with Crippen LogP contribution in [0.3, 0.4) is 0 Å². The van der Waals surface area contributed by atoms with Crippen molar-refractivity contribution in [3.05, 3.63) is 52.5 Å². The number of nitrogens with two attached hydrogens (primary N) is 1. The van der Waals surface area contributed by atoms with Crippen molar-refractivity contribution in [3.8, 4) is 0 Å². The molecule has 1 heterocycles. The van der Waals surface area contributed by atoms with Crippen LogP contribution in [-0.4, -0.2) is 23.5 Å². The molecule has 2 rings (SSSR count). The molecule has 0 bridgehead atoms. The van der Waals surface area contributed by atoms with Gasteiger partial charge in [0.1, 0.15) is 0 Å². The molecule has 0 aliphatic heterocycles. The maximum Gasteiger partial charge on any atom is 0.237 e. The number of aromatic nitrogens is 1. The Morgan fingerprint density at radius 3 is 2.71 bits per heavy atom. The molecule has 21 heavy (non-hydrogen) atoms. The van der Waals surface area contributed by atoms with E-state index >= 15 is 0 Å². The van der Waals surface area contributed by atoms with Crippen molar-refractivity contribution < 1.29 is 4.79 Å². The van der Waals surface area contributed by atoms with Crippen LogP contribution >= 0.6 is 23.7 Å². The van der Waals surface area contributed by atoms with E-state index in [4.69, 9.17) is 5.73 Å². The smallest absolute Gasteiger partial charge is 0.237 e. The topological polar surface area (TPSA) is 68.0 Å². The van der Waals surface area contributed by atoms with Crippen LogP contribution in [0.2, 0.25) is 0 Å². The molecule has 0 radical (unpaired) electrons. The Kier molecular flexibility index (Phi) is 7.36. The lowest BCUT2D eigenvalue weighted by molar-refractivity contribution is -0.122. The molecule has 3 N–H and O–H groups in total. The highest BCUT2D eigenvalue weighted by Gasteiger charge is 2.16. The number of rotatable bonds is 6. The van der Waals surface area contributed by atoms with Gasteiger partial charge in [-0.15, -0.1) is 23.7 Å². The Bertz CT molecular complexity index is 533. The lowest BCUT2D eigenvalue weighted by atomic mass is 10.1. The van der Waals surface area contributed by atoms with Crippen molar-refractivity contribution >= 4 is 29.7 Å². The number of nitrogens with one attached hydrogen (secondary N) is 1. The van der Waals surface area contributed by atoms with Crippen molar-refractivity contribution in [2.75, 3.05) is 6.54 Å². The summed E-state index contributed by atoms with van der Waals surface area (Å²) in [5.41, 5.74) is 7.00. The van der Waals surface area contributed by atoms with Gasteiger partial charge in [-0.2, -0.15) is 0 Å². The molecule has 0 aliphatic carbocycles. The zero-order chi connectivity index (χ0) is 14.4. The van der Waals surface area contributed by atoms with Crippen molar-refractivity contribution in [2.45, 2.75) is 25.3 Å². The van der Waals surface area contributed by atoms with Gasteiger partial charge in [0.05, 0.1) is 11.0 Å². The van der Waals surface area contributed by atoms with Gasteiger partial charge >= 0.3 is 0 Å². The SMILES string of the molecule is CC(CNC(=O)[C@@H](N)Cc1ccccc1)c1nccs1.Cl. The minimum absolute atomic E-state index is 0. The van der Waals surface area contributed by atoms with Gasteiger partial charge in [-0.3, -0.25) is 4.79 Å². The number of carbonyl (C=O) groups is 1. The first-order chi connectivity index (χ1) is 9.66. The van der Waals surface area contributed by atoms with E-state index in [2.05, 4.69) is 10.3 Å². The van der Waals surface area contributed by atoms with E-state index in [-0.39, 0.29) is 24.2 Å². The first-order valence-electron chi connectivity index (χ1n) is 6.63. The first kappa shape index (κ1) is 17.6. The summed E-state index contributed by atoms with van der Waals surface area (Å²) in [7, 11) is 0. The molecular formula is C15H20ClN3OS. The Morgan fingerprint density at radius 1 is 1.38 bits per heavy atom.